The molecule has 7 heteroatoms. The number of aryl methyl sites for hydroxylation is 1. The van der Waals surface area contributed by atoms with Gasteiger partial charge in [-0.3, -0.25) is 19.2 Å². The summed E-state index contributed by atoms with van der Waals surface area (Å²) < 4.78 is 1.76. The van der Waals surface area contributed by atoms with Crippen LogP contribution in [0.15, 0.2) is 96.1 Å². The molecule has 0 radical (unpaired) electrons. The zero-order valence-corrected chi connectivity index (χ0v) is 21.8. The molecule has 4 aromatic rings. The van der Waals surface area contributed by atoms with Crippen LogP contribution in [0.25, 0.3) is 17.0 Å². The van der Waals surface area contributed by atoms with Gasteiger partial charge in [-0.15, -0.1) is 0 Å². The van der Waals surface area contributed by atoms with Gasteiger partial charge in [-0.05, 0) is 35.8 Å². The molecule has 192 valence electrons. The van der Waals surface area contributed by atoms with Crippen LogP contribution in [-0.2, 0) is 22.2 Å². The molecule has 38 heavy (non-hydrogen) atoms. The van der Waals surface area contributed by atoms with Gasteiger partial charge in [-0.1, -0.05) is 78.9 Å². The van der Waals surface area contributed by atoms with E-state index >= 15 is 0 Å². The Morgan fingerprint density at radius 2 is 1.74 bits per heavy atom. The maximum absolute atomic E-state index is 14.0. The van der Waals surface area contributed by atoms with Gasteiger partial charge in [0.1, 0.15) is 0 Å². The van der Waals surface area contributed by atoms with Crippen LogP contribution in [0.2, 0.25) is 0 Å². The first kappa shape index (κ1) is 25.1. The lowest BCUT2D eigenvalue weighted by molar-refractivity contribution is -0.135. The molecule has 0 aliphatic carbocycles. The predicted molar refractivity (Wildman–Crippen MR) is 150 cm³/mol. The zero-order valence-electron chi connectivity index (χ0n) is 21.8. The molecule has 3 aromatic carbocycles. The normalized spacial score (nSPS) is 20.6. The van der Waals surface area contributed by atoms with Gasteiger partial charge in [0.15, 0.2) is 11.7 Å². The Labute approximate surface area is 222 Å². The van der Waals surface area contributed by atoms with E-state index in [0.717, 1.165) is 27.6 Å². The Morgan fingerprint density at radius 1 is 1.05 bits per heavy atom. The average Bonchev–Trinajstić information content (AvgIpc) is 3.30. The molecule has 0 saturated carbocycles. The molecular weight excluding hydrogens is 474 g/mol. The maximum atomic E-state index is 14.0. The fourth-order valence-electron chi connectivity index (χ4n) is 5.37. The topological polar surface area (TPSA) is 93.6 Å². The van der Waals surface area contributed by atoms with Crippen LogP contribution in [0, 0.1) is 5.92 Å². The van der Waals surface area contributed by atoms with Crippen LogP contribution >= 0.6 is 0 Å². The van der Waals surface area contributed by atoms with Crippen molar-refractivity contribution in [2.24, 2.45) is 23.7 Å². The molecule has 0 spiro atoms. The summed E-state index contributed by atoms with van der Waals surface area (Å²) in [7, 11) is 3.51. The third-order valence-electron chi connectivity index (χ3n) is 7.41. The molecule has 0 saturated heterocycles. The number of carbonyl (C=O) groups excluding carboxylic acids is 2. The second kappa shape index (κ2) is 10.1. The summed E-state index contributed by atoms with van der Waals surface area (Å²) in [6.07, 6.45) is 5.50. The second-order valence-electron chi connectivity index (χ2n) is 10.0. The monoisotopic (exact) mass is 505 g/mol. The Bertz CT molecular complexity index is 1540. The van der Waals surface area contributed by atoms with E-state index in [1.165, 1.54) is 4.90 Å². The van der Waals surface area contributed by atoms with E-state index in [1.54, 1.807) is 17.8 Å². The minimum atomic E-state index is -1.01. The molecule has 2 heterocycles. The highest BCUT2D eigenvalue weighted by Gasteiger charge is 2.50. The van der Waals surface area contributed by atoms with Crippen molar-refractivity contribution in [3.8, 4) is 0 Å². The summed E-state index contributed by atoms with van der Waals surface area (Å²) in [5, 5.41) is 5.55. The number of aromatic nitrogens is 2. The lowest BCUT2D eigenvalue weighted by atomic mass is 9.68. The number of carbonyl (C=O) groups is 2. The fourth-order valence-corrected chi connectivity index (χ4v) is 5.37. The number of aliphatic imine (C=N–C) groups is 1. The van der Waals surface area contributed by atoms with Gasteiger partial charge in [0.2, 0.25) is 5.91 Å². The van der Waals surface area contributed by atoms with Crippen LogP contribution < -0.4 is 5.73 Å². The first-order valence-electron chi connectivity index (χ1n) is 12.6. The summed E-state index contributed by atoms with van der Waals surface area (Å²) in [5.41, 5.74) is 8.74. The lowest BCUT2D eigenvalue weighted by Gasteiger charge is -2.44. The SMILES string of the molecule is CN1C(=O)C(C(CC(=O)C=Cc2ccccc2)c2ccccc2)[C@@](C)(c2ccc3cn(C)nc3c2)N=C1N. The number of rotatable bonds is 7. The number of allylic oxidation sites excluding steroid dienone is 1. The molecule has 1 amide bonds. The Kier molecular flexibility index (Phi) is 6.68. The molecule has 0 fully saturated rings. The van der Waals surface area contributed by atoms with Crippen molar-refractivity contribution in [3.63, 3.8) is 0 Å². The number of nitrogens with zero attached hydrogens (tertiary/aromatic N) is 4. The molecule has 2 unspecified atom stereocenters. The van der Waals surface area contributed by atoms with Gasteiger partial charge in [0.25, 0.3) is 0 Å². The summed E-state index contributed by atoms with van der Waals surface area (Å²) in [6.45, 7) is 1.93. The third-order valence-corrected chi connectivity index (χ3v) is 7.41. The molecule has 0 bridgehead atoms. The minimum absolute atomic E-state index is 0.0665. The number of fused-ring (bicyclic) bond motifs is 1. The molecule has 2 N–H and O–H groups in total. The average molecular weight is 506 g/mol. The highest BCUT2D eigenvalue weighted by molar-refractivity contribution is 6.01. The number of hydrogen-bond acceptors (Lipinski definition) is 5. The van der Waals surface area contributed by atoms with E-state index in [2.05, 4.69) is 5.10 Å². The largest absolute Gasteiger partial charge is 0.369 e. The molecule has 1 aliphatic heterocycles. The van der Waals surface area contributed by atoms with Gasteiger partial charge in [-0.25, -0.2) is 4.99 Å². The van der Waals surface area contributed by atoms with Crippen molar-refractivity contribution in [1.29, 1.82) is 0 Å². The predicted octanol–water partition coefficient (Wildman–Crippen LogP) is 4.65. The van der Waals surface area contributed by atoms with E-state index in [9.17, 15) is 9.59 Å². The van der Waals surface area contributed by atoms with Crippen LogP contribution in [0.3, 0.4) is 0 Å². The molecular formula is C31H31N5O2. The molecule has 3 atom stereocenters. The van der Waals surface area contributed by atoms with E-state index in [4.69, 9.17) is 10.7 Å². The first-order valence-corrected chi connectivity index (χ1v) is 12.6. The van der Waals surface area contributed by atoms with Gasteiger partial charge in [0.05, 0.1) is 17.0 Å². The van der Waals surface area contributed by atoms with Gasteiger partial charge in [0, 0.05) is 38.0 Å². The third kappa shape index (κ3) is 4.75. The van der Waals surface area contributed by atoms with Crippen LogP contribution in [-0.4, -0.2) is 39.4 Å². The van der Waals surface area contributed by atoms with Crippen molar-refractivity contribution in [2.75, 3.05) is 7.05 Å². The molecule has 1 aromatic heterocycles. The highest BCUT2D eigenvalue weighted by atomic mass is 16.2. The quantitative estimate of drug-likeness (QED) is 0.370. The lowest BCUT2D eigenvalue weighted by Crippen LogP contribution is -2.55. The molecule has 7 nitrogen and oxygen atoms in total. The van der Waals surface area contributed by atoms with Crippen molar-refractivity contribution in [3.05, 3.63) is 108 Å². The number of nitrogens with two attached hydrogens (primary N) is 1. The fraction of sp³-hybridized carbons (Fsp3) is 0.226. The Hall–Kier alpha value is -4.52. The Balaban J connectivity index is 1.60. The van der Waals surface area contributed by atoms with Crippen molar-refractivity contribution in [1.82, 2.24) is 14.7 Å². The van der Waals surface area contributed by atoms with Gasteiger partial charge < -0.3 is 5.73 Å². The number of ketones is 1. The first-order chi connectivity index (χ1) is 18.3. The van der Waals surface area contributed by atoms with Gasteiger partial charge in [-0.2, -0.15) is 5.10 Å². The number of hydrogen-bond donors (Lipinski definition) is 1. The maximum Gasteiger partial charge on any atom is 0.235 e. The highest BCUT2D eigenvalue weighted by Crippen LogP contribution is 2.47. The molecule has 5 rings (SSSR count). The summed E-state index contributed by atoms with van der Waals surface area (Å²) >= 11 is 0. The number of amides is 1. The van der Waals surface area contributed by atoms with Crippen LogP contribution in [0.1, 0.15) is 36.0 Å². The Morgan fingerprint density at radius 3 is 2.45 bits per heavy atom. The second-order valence-corrected chi connectivity index (χ2v) is 10.0. The summed E-state index contributed by atoms with van der Waals surface area (Å²) in [5.74, 6) is -1.19. The van der Waals surface area contributed by atoms with E-state index in [1.807, 2.05) is 105 Å². The summed E-state index contributed by atoms with van der Waals surface area (Å²) in [6, 6.07) is 25.3. The molecule has 1 aliphatic rings. The number of benzene rings is 3. The van der Waals surface area contributed by atoms with E-state index in [0.29, 0.717) is 0 Å². The smallest absolute Gasteiger partial charge is 0.235 e. The van der Waals surface area contributed by atoms with Crippen LogP contribution in [0.4, 0.5) is 0 Å². The van der Waals surface area contributed by atoms with E-state index < -0.39 is 17.4 Å². The van der Waals surface area contributed by atoms with E-state index in [-0.39, 0.29) is 24.1 Å². The minimum Gasteiger partial charge on any atom is -0.369 e. The number of guanidine groups is 1. The zero-order chi connectivity index (χ0) is 26.9. The van der Waals surface area contributed by atoms with Gasteiger partial charge >= 0.3 is 0 Å². The summed E-state index contributed by atoms with van der Waals surface area (Å²) in [4.78, 5) is 33.6. The van der Waals surface area contributed by atoms with Crippen molar-refractivity contribution < 1.29 is 9.59 Å². The van der Waals surface area contributed by atoms with Crippen LogP contribution in [0.5, 0.6) is 0 Å². The standard InChI is InChI=1S/C31H31N5O2/c1-31(24-16-15-23-20-35(2)34-27(23)18-24)28(29(38)36(3)30(32)33-31)26(22-12-8-5-9-13-22)19-25(37)17-14-21-10-6-4-7-11-21/h4-18,20,26,28H,19H2,1-3H3,(H2,32,33)/t26?,28?,31-/m1/s1. The van der Waals surface area contributed by atoms with Crippen molar-refractivity contribution in [2.45, 2.75) is 24.8 Å². The van der Waals surface area contributed by atoms with Crippen molar-refractivity contribution >= 4 is 34.6 Å².